The molecule has 0 aliphatic heterocycles. The third-order valence-electron chi connectivity index (χ3n) is 7.81. The van der Waals surface area contributed by atoms with Gasteiger partial charge in [-0.05, 0) is 89.3 Å². The average molecular weight is 595 g/mol. The van der Waals surface area contributed by atoms with Crippen molar-refractivity contribution in [1.29, 1.82) is 0 Å². The quantitative estimate of drug-likeness (QED) is 0.129. The molecule has 0 saturated heterocycles. The number of aryl methyl sites for hydroxylation is 2. The van der Waals surface area contributed by atoms with Crippen molar-refractivity contribution in [3.05, 3.63) is 138 Å². The van der Waals surface area contributed by atoms with Gasteiger partial charge in [-0.2, -0.15) is 0 Å². The summed E-state index contributed by atoms with van der Waals surface area (Å²) in [6.07, 6.45) is 4.63. The van der Waals surface area contributed by atoms with Crippen molar-refractivity contribution < 1.29 is 17.9 Å². The molecule has 43 heavy (non-hydrogen) atoms. The molecule has 0 radical (unpaired) electrons. The number of hydrogen-bond acceptors (Lipinski definition) is 4. The third-order valence-corrected chi connectivity index (χ3v) is 10.1. The number of sulfone groups is 1. The molecular weight excluding hydrogens is 552 g/mol. The molecule has 4 aromatic carbocycles. The average Bonchev–Trinajstić information content (AvgIpc) is 3.04. The molecule has 0 saturated carbocycles. The highest BCUT2D eigenvalue weighted by molar-refractivity contribution is 7.92. The van der Waals surface area contributed by atoms with Crippen LogP contribution < -0.4 is 0 Å². The van der Waals surface area contributed by atoms with Crippen molar-refractivity contribution in [2.45, 2.75) is 42.8 Å². The fourth-order valence-electron chi connectivity index (χ4n) is 5.46. The topological polar surface area (TPSA) is 52.6 Å². The lowest BCUT2D eigenvalue weighted by molar-refractivity contribution is 0.173. The van der Waals surface area contributed by atoms with E-state index in [0.717, 1.165) is 35.1 Å². The van der Waals surface area contributed by atoms with Crippen LogP contribution in [-0.2, 0) is 25.7 Å². The summed E-state index contributed by atoms with van der Waals surface area (Å²) >= 11 is 0. The van der Waals surface area contributed by atoms with E-state index in [-0.39, 0.29) is 0 Å². The van der Waals surface area contributed by atoms with Crippen LogP contribution in [0.3, 0.4) is 0 Å². The van der Waals surface area contributed by atoms with Crippen LogP contribution in [-0.4, -0.2) is 41.1 Å². The number of methoxy groups -OCH3 is 2. The lowest BCUT2D eigenvalue weighted by Crippen LogP contribution is -2.25. The van der Waals surface area contributed by atoms with Gasteiger partial charge in [0.15, 0.2) is 9.84 Å². The fraction of sp³-hybridized carbons (Fsp3) is 0.263. The summed E-state index contributed by atoms with van der Waals surface area (Å²) in [5.74, 6) is 0. The van der Waals surface area contributed by atoms with Crippen molar-refractivity contribution in [3.8, 4) is 11.1 Å². The lowest BCUT2D eigenvalue weighted by Gasteiger charge is -2.19. The molecule has 4 rings (SSSR count). The first-order valence-corrected chi connectivity index (χ1v) is 16.3. The van der Waals surface area contributed by atoms with Gasteiger partial charge in [-0.15, -0.1) is 0 Å². The summed E-state index contributed by atoms with van der Waals surface area (Å²) in [5, 5.41) is -0.590. The van der Waals surface area contributed by atoms with Crippen LogP contribution in [0.2, 0.25) is 0 Å². The van der Waals surface area contributed by atoms with Gasteiger partial charge in [0.1, 0.15) is 0 Å². The van der Waals surface area contributed by atoms with Crippen LogP contribution in [0, 0.1) is 6.92 Å². The van der Waals surface area contributed by atoms with Crippen molar-refractivity contribution >= 4 is 21.0 Å². The molecule has 0 heterocycles. The number of benzene rings is 4. The zero-order valence-corrected chi connectivity index (χ0v) is 26.3. The normalized spacial score (nSPS) is 12.0. The number of allylic oxidation sites excluding steroid dienone is 3. The summed E-state index contributed by atoms with van der Waals surface area (Å²) in [6.45, 7) is 7.32. The molecule has 0 unspecified atom stereocenters. The van der Waals surface area contributed by atoms with Gasteiger partial charge in [0.25, 0.3) is 0 Å². The Balaban J connectivity index is 1.75. The monoisotopic (exact) mass is 594 g/mol. The van der Waals surface area contributed by atoms with Gasteiger partial charge >= 0.3 is 0 Å². The second kappa shape index (κ2) is 15.6. The molecule has 0 aliphatic carbocycles. The number of hydrogen-bond donors (Lipinski definition) is 0. The predicted octanol–water partition coefficient (Wildman–Crippen LogP) is 8.61. The van der Waals surface area contributed by atoms with Crippen molar-refractivity contribution in [3.63, 3.8) is 0 Å². The van der Waals surface area contributed by atoms with Crippen LogP contribution in [0.5, 0.6) is 0 Å². The minimum absolute atomic E-state index is 0.295. The Bertz CT molecular complexity index is 1620. The first kappa shape index (κ1) is 32.2. The smallest absolute Gasteiger partial charge is 0.181 e. The molecular formula is C38H42O4S. The molecule has 0 aromatic heterocycles. The standard InChI is InChI=1S/C38H42O4S/c1-29-13-11-20-37(32-16-9-6-10-17-32)38(29)34(22-21-31-14-7-5-8-15-31)27-30(2)33-18-12-19-36(28-33)43(39,40)35(23-25-41-3)24-26-42-4/h5-20,27-28,35H,2,21-26H2,1,3-4H3. The van der Waals surface area contributed by atoms with Crippen LogP contribution in [0.4, 0.5) is 0 Å². The van der Waals surface area contributed by atoms with Gasteiger partial charge < -0.3 is 9.47 Å². The molecule has 0 amide bonds. The van der Waals surface area contributed by atoms with E-state index < -0.39 is 15.1 Å². The van der Waals surface area contributed by atoms with Gasteiger partial charge in [0, 0.05) is 27.4 Å². The maximum Gasteiger partial charge on any atom is 0.181 e. The van der Waals surface area contributed by atoms with Crippen LogP contribution in [0.25, 0.3) is 22.3 Å². The molecule has 0 fully saturated rings. The summed E-state index contributed by atoms with van der Waals surface area (Å²) in [4.78, 5) is 0.295. The zero-order chi connectivity index (χ0) is 30.7. The van der Waals surface area contributed by atoms with Gasteiger partial charge in [0.05, 0.1) is 10.1 Å². The van der Waals surface area contributed by atoms with Crippen molar-refractivity contribution in [2.24, 2.45) is 0 Å². The first-order chi connectivity index (χ1) is 20.8. The maximum absolute atomic E-state index is 13.7. The van der Waals surface area contributed by atoms with Crippen LogP contribution in [0.15, 0.2) is 121 Å². The zero-order valence-electron chi connectivity index (χ0n) is 25.5. The highest BCUT2D eigenvalue weighted by Gasteiger charge is 2.27. The molecule has 4 aromatic rings. The van der Waals surface area contributed by atoms with E-state index in [1.165, 1.54) is 22.3 Å². The van der Waals surface area contributed by atoms with E-state index >= 15 is 0 Å². The highest BCUT2D eigenvalue weighted by atomic mass is 32.2. The minimum atomic E-state index is -3.60. The van der Waals surface area contributed by atoms with Crippen molar-refractivity contribution in [2.75, 3.05) is 27.4 Å². The Kier molecular flexibility index (Phi) is 11.7. The summed E-state index contributed by atoms with van der Waals surface area (Å²) in [6, 6.07) is 34.5. The molecule has 0 bridgehead atoms. The fourth-order valence-corrected chi connectivity index (χ4v) is 7.21. The second-order valence-corrected chi connectivity index (χ2v) is 13.0. The molecule has 0 atom stereocenters. The van der Waals surface area contributed by atoms with E-state index in [9.17, 15) is 8.42 Å². The Labute approximate surface area is 257 Å². The van der Waals surface area contributed by atoms with Crippen LogP contribution >= 0.6 is 0 Å². The summed E-state index contributed by atoms with van der Waals surface area (Å²) < 4.78 is 37.8. The number of rotatable bonds is 15. The molecule has 0 aliphatic rings. The number of ether oxygens (including phenoxy) is 2. The minimum Gasteiger partial charge on any atom is -0.385 e. The van der Waals surface area contributed by atoms with Gasteiger partial charge in [-0.1, -0.05) is 104 Å². The maximum atomic E-state index is 13.7. The summed E-state index contributed by atoms with van der Waals surface area (Å²) in [7, 11) is -0.425. The molecule has 224 valence electrons. The van der Waals surface area contributed by atoms with Crippen molar-refractivity contribution in [1.82, 2.24) is 0 Å². The van der Waals surface area contributed by atoms with E-state index in [2.05, 4.69) is 86.3 Å². The van der Waals surface area contributed by atoms with Crippen LogP contribution in [0.1, 0.15) is 41.5 Å². The molecule has 0 spiro atoms. The second-order valence-electron chi connectivity index (χ2n) is 10.8. The van der Waals surface area contributed by atoms with Gasteiger partial charge in [-0.3, -0.25) is 0 Å². The highest BCUT2D eigenvalue weighted by Crippen LogP contribution is 2.36. The van der Waals surface area contributed by atoms with E-state index in [0.29, 0.717) is 31.0 Å². The summed E-state index contributed by atoms with van der Waals surface area (Å²) in [5.41, 5.74) is 8.68. The first-order valence-electron chi connectivity index (χ1n) is 14.8. The Morgan fingerprint density at radius 1 is 0.814 bits per heavy atom. The largest absolute Gasteiger partial charge is 0.385 e. The van der Waals surface area contributed by atoms with E-state index in [4.69, 9.17) is 9.47 Å². The molecule has 0 N–H and O–H groups in total. The van der Waals surface area contributed by atoms with E-state index in [1.54, 1.807) is 32.4 Å². The van der Waals surface area contributed by atoms with Gasteiger partial charge in [-0.25, -0.2) is 8.42 Å². The Hall–Kier alpha value is -3.77. The van der Waals surface area contributed by atoms with Gasteiger partial charge in [0.2, 0.25) is 0 Å². The van der Waals surface area contributed by atoms with E-state index in [1.807, 2.05) is 18.2 Å². The Morgan fingerprint density at radius 3 is 2.09 bits per heavy atom. The predicted molar refractivity (Wildman–Crippen MR) is 179 cm³/mol. The lowest BCUT2D eigenvalue weighted by atomic mass is 9.86. The Morgan fingerprint density at radius 2 is 1.44 bits per heavy atom. The SMILES string of the molecule is C=C(C=C(CCc1ccccc1)c1c(C)cccc1-c1ccccc1)c1cccc(S(=O)(=O)C(CCOC)CCOC)c1. The molecule has 4 nitrogen and oxygen atoms in total. The third kappa shape index (κ3) is 8.41. The molecule has 5 heteroatoms.